The number of rotatable bonds is 5. The molecule has 0 aromatic rings. The van der Waals surface area contributed by atoms with Crippen molar-refractivity contribution in [3.05, 3.63) is 0 Å². The first-order chi connectivity index (χ1) is 9.36. The van der Waals surface area contributed by atoms with E-state index in [1.165, 1.54) is 12.8 Å². The summed E-state index contributed by atoms with van der Waals surface area (Å²) in [5, 5.41) is 0. The van der Waals surface area contributed by atoms with Crippen LogP contribution in [-0.4, -0.2) is 42.1 Å². The molecule has 0 bridgehead atoms. The number of carbonyl (C=O) groups is 1. The van der Waals surface area contributed by atoms with E-state index in [2.05, 4.69) is 20.8 Å². The maximum atomic E-state index is 12.8. The number of hydrogen-bond acceptors (Lipinski definition) is 3. The van der Waals surface area contributed by atoms with E-state index in [9.17, 15) is 4.79 Å². The zero-order chi connectivity index (χ0) is 15.0. The number of ether oxygens (including phenoxy) is 1. The lowest BCUT2D eigenvalue weighted by Gasteiger charge is -2.58. The van der Waals surface area contributed by atoms with Gasteiger partial charge in [0, 0.05) is 31.5 Å². The summed E-state index contributed by atoms with van der Waals surface area (Å²) in [5.41, 5.74) is 5.46. The zero-order valence-corrected chi connectivity index (χ0v) is 13.4. The molecule has 1 saturated heterocycles. The second-order valence-electron chi connectivity index (χ2n) is 7.04. The van der Waals surface area contributed by atoms with E-state index in [4.69, 9.17) is 10.5 Å². The summed E-state index contributed by atoms with van der Waals surface area (Å²) in [6, 6.07) is 0. The molecule has 4 heteroatoms. The lowest BCUT2D eigenvalue weighted by atomic mass is 9.54. The first-order valence-corrected chi connectivity index (χ1v) is 8.06. The van der Waals surface area contributed by atoms with Gasteiger partial charge in [0.15, 0.2) is 0 Å². The van der Waals surface area contributed by atoms with E-state index in [0.717, 1.165) is 19.5 Å². The van der Waals surface area contributed by atoms with Gasteiger partial charge in [-0.2, -0.15) is 0 Å². The minimum Gasteiger partial charge on any atom is -0.378 e. The molecule has 1 amide bonds. The molecule has 1 aliphatic carbocycles. The van der Waals surface area contributed by atoms with Gasteiger partial charge in [-0.25, -0.2) is 0 Å². The molecule has 20 heavy (non-hydrogen) atoms. The second kappa shape index (κ2) is 5.64. The third-order valence-electron chi connectivity index (χ3n) is 5.48. The van der Waals surface area contributed by atoms with Crippen molar-refractivity contribution in [1.29, 1.82) is 0 Å². The minimum atomic E-state index is -0.742. The molecule has 2 rings (SSSR count). The van der Waals surface area contributed by atoms with Crippen LogP contribution in [0.15, 0.2) is 0 Å². The highest BCUT2D eigenvalue weighted by atomic mass is 16.5. The van der Waals surface area contributed by atoms with Crippen molar-refractivity contribution >= 4 is 5.91 Å². The molecular weight excluding hydrogens is 252 g/mol. The summed E-state index contributed by atoms with van der Waals surface area (Å²) in [6.07, 6.45) is 4.30. The average molecular weight is 282 g/mol. The van der Waals surface area contributed by atoms with Crippen LogP contribution in [0, 0.1) is 11.3 Å². The Morgan fingerprint density at radius 2 is 2.10 bits per heavy atom. The van der Waals surface area contributed by atoms with Gasteiger partial charge in [0.25, 0.3) is 0 Å². The lowest BCUT2D eigenvalue weighted by Crippen LogP contribution is -2.75. The minimum absolute atomic E-state index is 0.107. The van der Waals surface area contributed by atoms with Crippen molar-refractivity contribution in [3.8, 4) is 0 Å². The van der Waals surface area contributed by atoms with Crippen LogP contribution in [0.2, 0.25) is 0 Å². The van der Waals surface area contributed by atoms with Crippen molar-refractivity contribution in [3.63, 3.8) is 0 Å². The molecule has 0 radical (unpaired) electrons. The fourth-order valence-corrected chi connectivity index (χ4v) is 3.74. The molecule has 0 aromatic carbocycles. The topological polar surface area (TPSA) is 55.6 Å². The standard InChI is InChI=1S/C16H30N2O2/c1-5-7-12-8-9-18(11-12)14(19)16(17)10-13(20-6-2)15(16,3)4/h12-13H,5-11,17H2,1-4H3. The fraction of sp³-hybridized carbons (Fsp3) is 0.938. The van der Waals surface area contributed by atoms with E-state index in [0.29, 0.717) is 18.9 Å². The summed E-state index contributed by atoms with van der Waals surface area (Å²) in [7, 11) is 0. The summed E-state index contributed by atoms with van der Waals surface area (Å²) < 4.78 is 5.71. The Balaban J connectivity index is 2.00. The van der Waals surface area contributed by atoms with Crippen LogP contribution < -0.4 is 5.73 Å². The molecule has 0 spiro atoms. The van der Waals surface area contributed by atoms with Crippen molar-refractivity contribution in [1.82, 2.24) is 4.90 Å². The van der Waals surface area contributed by atoms with Crippen LogP contribution in [-0.2, 0) is 9.53 Å². The molecule has 1 saturated carbocycles. The number of likely N-dealkylation sites (tertiary alicyclic amines) is 1. The first-order valence-electron chi connectivity index (χ1n) is 8.06. The Hall–Kier alpha value is -0.610. The Labute approximate surface area is 123 Å². The van der Waals surface area contributed by atoms with Gasteiger partial charge in [0.1, 0.15) is 5.54 Å². The maximum absolute atomic E-state index is 12.8. The van der Waals surface area contributed by atoms with Crippen molar-refractivity contribution in [2.24, 2.45) is 17.1 Å². The highest BCUT2D eigenvalue weighted by molar-refractivity contribution is 5.89. The van der Waals surface area contributed by atoms with Gasteiger partial charge in [0.05, 0.1) is 6.10 Å². The Kier molecular flexibility index (Phi) is 4.45. The second-order valence-corrected chi connectivity index (χ2v) is 7.04. The number of nitrogens with two attached hydrogens (primary N) is 1. The van der Waals surface area contributed by atoms with Crippen LogP contribution >= 0.6 is 0 Å². The zero-order valence-electron chi connectivity index (χ0n) is 13.4. The van der Waals surface area contributed by atoms with Crippen molar-refractivity contribution in [2.45, 2.75) is 65.0 Å². The smallest absolute Gasteiger partial charge is 0.243 e. The molecule has 1 aliphatic heterocycles. The third-order valence-corrected chi connectivity index (χ3v) is 5.48. The summed E-state index contributed by atoms with van der Waals surface area (Å²) >= 11 is 0. The van der Waals surface area contributed by atoms with Gasteiger partial charge in [-0.1, -0.05) is 27.2 Å². The van der Waals surface area contributed by atoms with Crippen LogP contribution in [0.5, 0.6) is 0 Å². The molecule has 4 nitrogen and oxygen atoms in total. The van der Waals surface area contributed by atoms with Crippen LogP contribution in [0.25, 0.3) is 0 Å². The predicted molar refractivity (Wildman–Crippen MR) is 80.3 cm³/mol. The largest absolute Gasteiger partial charge is 0.378 e. The van der Waals surface area contributed by atoms with Gasteiger partial charge < -0.3 is 15.4 Å². The summed E-state index contributed by atoms with van der Waals surface area (Å²) in [6.45, 7) is 10.8. The van der Waals surface area contributed by atoms with Crippen LogP contribution in [0.3, 0.4) is 0 Å². The lowest BCUT2D eigenvalue weighted by molar-refractivity contribution is -0.178. The highest BCUT2D eigenvalue weighted by Crippen LogP contribution is 2.51. The van der Waals surface area contributed by atoms with Gasteiger partial charge in [0.2, 0.25) is 5.91 Å². The molecule has 116 valence electrons. The van der Waals surface area contributed by atoms with Gasteiger partial charge in [-0.3, -0.25) is 4.79 Å². The number of hydrogen-bond donors (Lipinski definition) is 1. The molecule has 1 heterocycles. The Morgan fingerprint density at radius 1 is 1.40 bits per heavy atom. The Bertz CT molecular complexity index is 369. The van der Waals surface area contributed by atoms with Gasteiger partial charge in [-0.15, -0.1) is 0 Å². The molecule has 0 aromatic heterocycles. The van der Waals surface area contributed by atoms with E-state index >= 15 is 0 Å². The molecule has 3 unspecified atom stereocenters. The predicted octanol–water partition coefficient (Wildman–Crippen LogP) is 2.17. The van der Waals surface area contributed by atoms with E-state index in [1.807, 2.05) is 11.8 Å². The summed E-state index contributed by atoms with van der Waals surface area (Å²) in [5.74, 6) is 0.801. The Morgan fingerprint density at radius 3 is 2.65 bits per heavy atom. The van der Waals surface area contributed by atoms with E-state index in [-0.39, 0.29) is 17.4 Å². The molecule has 2 N–H and O–H groups in total. The SMILES string of the molecule is CCCC1CCN(C(=O)C2(N)CC(OCC)C2(C)C)C1. The third kappa shape index (κ3) is 2.37. The molecule has 2 aliphatic rings. The normalized spacial score (nSPS) is 36.0. The van der Waals surface area contributed by atoms with Crippen molar-refractivity contribution in [2.75, 3.05) is 19.7 Å². The number of nitrogens with zero attached hydrogens (tertiary/aromatic N) is 1. The molecular formula is C16H30N2O2. The van der Waals surface area contributed by atoms with Gasteiger partial charge in [-0.05, 0) is 25.7 Å². The summed E-state index contributed by atoms with van der Waals surface area (Å²) in [4.78, 5) is 14.8. The maximum Gasteiger partial charge on any atom is 0.243 e. The average Bonchev–Trinajstić information content (AvgIpc) is 2.86. The fourth-order valence-electron chi connectivity index (χ4n) is 3.74. The molecule has 3 atom stereocenters. The van der Waals surface area contributed by atoms with Crippen molar-refractivity contribution < 1.29 is 9.53 Å². The van der Waals surface area contributed by atoms with Gasteiger partial charge >= 0.3 is 0 Å². The van der Waals surface area contributed by atoms with E-state index < -0.39 is 5.54 Å². The van der Waals surface area contributed by atoms with Crippen LogP contribution in [0.4, 0.5) is 0 Å². The monoisotopic (exact) mass is 282 g/mol. The number of amides is 1. The van der Waals surface area contributed by atoms with E-state index in [1.54, 1.807) is 0 Å². The highest BCUT2D eigenvalue weighted by Gasteiger charge is 2.63. The van der Waals surface area contributed by atoms with Crippen LogP contribution in [0.1, 0.15) is 53.4 Å². The quantitative estimate of drug-likeness (QED) is 0.841. The molecule has 2 fully saturated rings. The number of carbonyl (C=O) groups excluding carboxylic acids is 1. The first kappa shape index (κ1) is 15.8.